The predicted molar refractivity (Wildman–Crippen MR) is 388 cm³/mol. The van der Waals surface area contributed by atoms with Gasteiger partial charge in [-0.25, -0.2) is 19.2 Å². The molecule has 25 unspecified atom stereocenters. The van der Waals surface area contributed by atoms with Crippen LogP contribution in [0.2, 0.25) is 0 Å². The summed E-state index contributed by atoms with van der Waals surface area (Å²) < 4.78 is 125. The van der Waals surface area contributed by atoms with E-state index in [0.717, 1.165) is 38.5 Å². The van der Waals surface area contributed by atoms with Crippen LogP contribution in [0, 0.1) is 114 Å². The Kier molecular flexibility index (Phi) is 26.1. The molecule has 12 bridgehead atoms. The van der Waals surface area contributed by atoms with Gasteiger partial charge in [0.2, 0.25) is 0 Å². The maximum absolute atomic E-state index is 13.4. The third-order valence-electron chi connectivity index (χ3n) is 28.1. The van der Waals surface area contributed by atoms with E-state index in [1.165, 1.54) is 0 Å². The molecule has 7 aliphatic heterocycles. The van der Waals surface area contributed by atoms with Gasteiger partial charge in [-0.2, -0.15) is 18.4 Å². The Morgan fingerprint density at radius 3 is 1.29 bits per heavy atom. The molecule has 0 amide bonds. The Balaban J connectivity index is 0.000000144. The van der Waals surface area contributed by atoms with Crippen LogP contribution in [0.3, 0.4) is 0 Å². The highest BCUT2D eigenvalue weighted by Gasteiger charge is 2.81. The van der Waals surface area contributed by atoms with Crippen molar-refractivity contribution in [3.63, 3.8) is 0 Å². The third-order valence-corrected chi connectivity index (χ3v) is 28.1. The first-order chi connectivity index (χ1) is 54.8. The van der Waals surface area contributed by atoms with Gasteiger partial charge in [0, 0.05) is 47.8 Å². The number of esters is 14. The van der Waals surface area contributed by atoms with Gasteiger partial charge in [0.25, 0.3) is 0 Å². The predicted octanol–water partition coefficient (Wildman–Crippen LogP) is 8.51. The van der Waals surface area contributed by atoms with Crippen LogP contribution in [0.1, 0.15) is 207 Å². The highest BCUT2D eigenvalue weighted by molar-refractivity contribution is 5.87. The number of nitrogens with zero attached hydrogens (tertiary/aromatic N) is 1. The van der Waals surface area contributed by atoms with Crippen LogP contribution in [0.15, 0.2) is 0 Å². The largest absolute Gasteiger partial charge is 0.465 e. The second-order valence-corrected chi connectivity index (χ2v) is 37.1. The van der Waals surface area contributed by atoms with E-state index in [9.17, 15) is 85.6 Å². The maximum atomic E-state index is 13.4. The number of alkyl halides is 3. The van der Waals surface area contributed by atoms with E-state index in [1.807, 2.05) is 41.5 Å². The summed E-state index contributed by atoms with van der Waals surface area (Å²) in [6, 6.07) is 2.10. The van der Waals surface area contributed by atoms with Gasteiger partial charge < -0.3 is 75.8 Å². The molecule has 7 saturated heterocycles. The molecule has 16 rings (SSSR count). The monoisotopic (exact) mass is 1660 g/mol. The van der Waals surface area contributed by atoms with Crippen molar-refractivity contribution in [1.29, 1.82) is 5.26 Å². The van der Waals surface area contributed by atoms with Crippen molar-refractivity contribution in [2.75, 3.05) is 39.6 Å². The molecule has 25 atom stereocenters. The van der Waals surface area contributed by atoms with Crippen LogP contribution in [0.5, 0.6) is 0 Å². The van der Waals surface area contributed by atoms with Crippen LogP contribution in [0.25, 0.3) is 0 Å². The van der Waals surface area contributed by atoms with Crippen LogP contribution in [0.4, 0.5) is 13.2 Å². The van der Waals surface area contributed by atoms with E-state index in [0.29, 0.717) is 76.4 Å². The zero-order valence-corrected chi connectivity index (χ0v) is 69.2. The van der Waals surface area contributed by atoms with Crippen LogP contribution in [-0.4, -0.2) is 203 Å². The molecular formula is C83H112F3NO30. The van der Waals surface area contributed by atoms with Crippen LogP contribution < -0.4 is 0 Å². The topological polar surface area (TPSA) is 410 Å². The first kappa shape index (κ1) is 89.6. The summed E-state index contributed by atoms with van der Waals surface area (Å²) in [4.78, 5) is 166. The summed E-state index contributed by atoms with van der Waals surface area (Å²) in [7, 11) is 0. The standard InChI is InChI=1S/C17H21F3O6.C17H21NO6.C17H24O6.C17H26O5.C15H20O7/c1-4-15(2,3)13(22)24-7-10(21)25-11-8-5-9-12(11)26-14(23)16(9,6-8)17(18,19)20;1-4-16(2,3)14(20)22-7-11(19)23-12-9-5-10-13(12)24-15(21)17(10,6-9)8-18;1-4-17(2,3)16(20)21-8-12(18)22-13-9-5-6-10-11(7-9)15(19)23-14(10)13;1-4-17(2,3)16(19)21-7-5-6-20-13-10-8-11-12(9-10)15(18)22-14(11)13;1-4-15(2,3)14(18)19-6-9(16)21-11-8-5-7-10(20-8)12(11)22-13(7)17/h8-9,11-12H,4-7H2,1-3H3;9-10,12-13H,4-7H2,1-3H3;9-11,13-14H,4-8H2,1-3H3;10-14H,4-9H2,1-3H3;7-8,10-12H,4-6H2,1-3H3. The maximum Gasteiger partial charge on any atom is 0.405 e. The number of carbonyl (C=O) groups is 14. The molecule has 0 aromatic rings. The summed E-state index contributed by atoms with van der Waals surface area (Å²) in [6.45, 7) is 26.1. The molecule has 16 fully saturated rings. The minimum Gasteiger partial charge on any atom is -0.465 e. The Bertz CT molecular complexity index is 3920. The van der Waals surface area contributed by atoms with Crippen molar-refractivity contribution in [2.24, 2.45) is 103 Å². The number of fused-ring (bicyclic) bond motifs is 5. The summed E-state index contributed by atoms with van der Waals surface area (Å²) in [5.74, 6) is -7.80. The van der Waals surface area contributed by atoms with Crippen LogP contribution >= 0.6 is 0 Å². The van der Waals surface area contributed by atoms with E-state index in [4.69, 9.17) is 75.8 Å². The lowest BCUT2D eigenvalue weighted by molar-refractivity contribution is -0.231. The fourth-order valence-corrected chi connectivity index (χ4v) is 19.0. The lowest BCUT2D eigenvalue weighted by Crippen LogP contribution is -2.50. The van der Waals surface area contributed by atoms with Crippen molar-refractivity contribution in [3.8, 4) is 6.07 Å². The highest BCUT2D eigenvalue weighted by Crippen LogP contribution is 2.68. The zero-order chi connectivity index (χ0) is 85.9. The number of hydrogen-bond donors (Lipinski definition) is 0. The number of carbonyl (C=O) groups excluding carboxylic acids is 14. The summed E-state index contributed by atoms with van der Waals surface area (Å²) in [5, 5.41) is 9.33. The average Bonchev–Trinajstić information content (AvgIpc) is 1.52. The van der Waals surface area contributed by atoms with Gasteiger partial charge in [0.15, 0.2) is 49.5 Å². The van der Waals surface area contributed by atoms with Gasteiger partial charge in [-0.15, -0.1) is 0 Å². The van der Waals surface area contributed by atoms with Gasteiger partial charge in [-0.3, -0.25) is 47.9 Å². The number of nitriles is 1. The van der Waals surface area contributed by atoms with Crippen molar-refractivity contribution in [3.05, 3.63) is 0 Å². The van der Waals surface area contributed by atoms with Crippen molar-refractivity contribution in [2.45, 2.75) is 286 Å². The van der Waals surface area contributed by atoms with Gasteiger partial charge >= 0.3 is 89.7 Å². The number of hydrogen-bond acceptors (Lipinski definition) is 31. The second kappa shape index (κ2) is 34.1. The Hall–Kier alpha value is -8.22. The smallest absolute Gasteiger partial charge is 0.405 e. The summed E-state index contributed by atoms with van der Waals surface area (Å²) >= 11 is 0. The Morgan fingerprint density at radius 2 is 0.812 bits per heavy atom. The van der Waals surface area contributed by atoms with E-state index in [2.05, 4.69) is 6.07 Å². The summed E-state index contributed by atoms with van der Waals surface area (Å²) in [5.41, 5.74) is -6.60. The van der Waals surface area contributed by atoms with Gasteiger partial charge in [0.1, 0.15) is 48.8 Å². The molecule has 0 N–H and O–H groups in total. The summed E-state index contributed by atoms with van der Waals surface area (Å²) in [6.07, 6.45) is -0.566. The molecule has 650 valence electrons. The van der Waals surface area contributed by atoms with Crippen molar-refractivity contribution in [1.82, 2.24) is 0 Å². The minimum atomic E-state index is -4.69. The fraction of sp³-hybridized carbons (Fsp3) is 0.819. The van der Waals surface area contributed by atoms with Crippen LogP contribution in [-0.2, 0) is 143 Å². The lowest BCUT2D eigenvalue weighted by Gasteiger charge is -2.43. The lowest BCUT2D eigenvalue weighted by atomic mass is 9.63. The molecular weight excluding hydrogens is 1550 g/mol. The number of halogens is 3. The zero-order valence-electron chi connectivity index (χ0n) is 69.2. The van der Waals surface area contributed by atoms with Crippen molar-refractivity contribution >= 4 is 83.6 Å². The Morgan fingerprint density at radius 1 is 0.410 bits per heavy atom. The molecule has 9 saturated carbocycles. The number of rotatable bonds is 27. The SMILES string of the molecule is CCC(C)(C)C(=O)OCC(=O)OC1C2CC3C(=O)OC1C3O2.CCC(C)(C)C(=O)OCC(=O)OC1C2CC3C1OC(=O)C3(C#N)C2.CCC(C)(C)C(=O)OCC(=O)OC1C2CC3C1OC(=O)C3(C(F)(F)F)C2.CCC(C)(C)C(=O)OCC(=O)OC1C2CCC3C(C2)C(=O)OC31.CCC(C)(C)C(=O)OCCCOC1C2CC3C(=O)OC1C3C2. The molecule has 9 aliphatic carbocycles. The van der Waals surface area contributed by atoms with E-state index >= 15 is 0 Å². The van der Waals surface area contributed by atoms with Gasteiger partial charge in [-0.05, 0) is 171 Å². The molecule has 7 heterocycles. The molecule has 31 nitrogen and oxygen atoms in total. The third kappa shape index (κ3) is 17.3. The molecule has 0 radical (unpaired) electrons. The van der Waals surface area contributed by atoms with E-state index in [-0.39, 0.29) is 115 Å². The minimum absolute atomic E-state index is 0.0168. The highest BCUT2D eigenvalue weighted by atomic mass is 19.4. The molecule has 34 heteroatoms. The molecule has 0 aromatic carbocycles. The first-order valence-corrected chi connectivity index (χ1v) is 41.2. The second-order valence-electron chi connectivity index (χ2n) is 37.1. The average molecular weight is 1660 g/mol. The van der Waals surface area contributed by atoms with E-state index < -0.39 is 178 Å². The number of ether oxygens (including phenoxy) is 16. The quantitative estimate of drug-likeness (QED) is 0.0422. The first-order valence-electron chi connectivity index (χ1n) is 41.2. The molecule has 117 heavy (non-hydrogen) atoms. The van der Waals surface area contributed by atoms with Crippen molar-refractivity contribution < 1.29 is 156 Å². The molecule has 0 spiro atoms. The Labute approximate surface area is 677 Å². The molecule has 16 aliphatic rings. The normalized spacial score (nSPS) is 35.5. The van der Waals surface area contributed by atoms with Gasteiger partial charge in [-0.1, -0.05) is 34.6 Å². The van der Waals surface area contributed by atoms with E-state index in [1.54, 1.807) is 62.3 Å². The van der Waals surface area contributed by atoms with Gasteiger partial charge in [0.05, 0.1) is 76.3 Å². The fourth-order valence-electron chi connectivity index (χ4n) is 19.0. The molecule has 0 aromatic heterocycles.